The smallest absolute Gasteiger partial charge is 0.223 e. The molecule has 0 unspecified atom stereocenters. The molecule has 3 heterocycles. The van der Waals surface area contributed by atoms with Crippen molar-refractivity contribution < 1.29 is 9.59 Å². The van der Waals surface area contributed by atoms with Gasteiger partial charge in [0.25, 0.3) is 0 Å². The van der Waals surface area contributed by atoms with Gasteiger partial charge >= 0.3 is 0 Å². The minimum absolute atomic E-state index is 0.183. The maximum Gasteiger partial charge on any atom is 0.223 e. The SMILES string of the molecule is Cc1ccccc1CCC(=O)N1CC(n2cc(CN3CCCC3=O)nn2)C1. The number of aromatic nitrogens is 3. The van der Waals surface area contributed by atoms with Crippen LogP contribution in [-0.2, 0) is 22.6 Å². The average molecular weight is 367 g/mol. The van der Waals surface area contributed by atoms with Gasteiger partial charge in [-0.25, -0.2) is 4.68 Å². The summed E-state index contributed by atoms with van der Waals surface area (Å²) in [6.07, 6.45) is 4.79. The molecule has 0 saturated carbocycles. The molecule has 2 amide bonds. The van der Waals surface area contributed by atoms with Gasteiger partial charge in [0.1, 0.15) is 5.69 Å². The minimum atomic E-state index is 0.183. The van der Waals surface area contributed by atoms with Gasteiger partial charge in [0.15, 0.2) is 0 Å². The van der Waals surface area contributed by atoms with E-state index in [0.29, 0.717) is 32.5 Å². The molecule has 0 bridgehead atoms. The molecule has 0 atom stereocenters. The molecule has 7 heteroatoms. The Kier molecular flexibility index (Phi) is 4.92. The Hall–Kier alpha value is -2.70. The van der Waals surface area contributed by atoms with Gasteiger partial charge in [-0.2, -0.15) is 0 Å². The van der Waals surface area contributed by atoms with Crippen LogP contribution < -0.4 is 0 Å². The zero-order valence-electron chi connectivity index (χ0n) is 15.7. The second kappa shape index (κ2) is 7.50. The molecule has 1 aromatic carbocycles. The first-order chi connectivity index (χ1) is 13.1. The molecule has 0 radical (unpaired) electrons. The summed E-state index contributed by atoms with van der Waals surface area (Å²) < 4.78 is 1.83. The molecule has 2 aliphatic heterocycles. The number of likely N-dealkylation sites (tertiary alicyclic amines) is 2. The Bertz CT molecular complexity index is 840. The van der Waals surface area contributed by atoms with E-state index in [0.717, 1.165) is 25.1 Å². The number of carbonyl (C=O) groups excluding carboxylic acids is 2. The summed E-state index contributed by atoms with van der Waals surface area (Å²) in [6.45, 7) is 4.77. The van der Waals surface area contributed by atoms with Crippen molar-refractivity contribution in [2.45, 2.75) is 45.2 Å². The van der Waals surface area contributed by atoms with E-state index in [1.165, 1.54) is 11.1 Å². The molecule has 2 saturated heterocycles. The van der Waals surface area contributed by atoms with Crippen molar-refractivity contribution in [1.29, 1.82) is 0 Å². The molecule has 0 spiro atoms. The normalized spacial score (nSPS) is 17.4. The van der Waals surface area contributed by atoms with Gasteiger partial charge in [0.05, 0.1) is 18.8 Å². The third-order valence-electron chi connectivity index (χ3n) is 5.54. The molecular formula is C20H25N5O2. The first-order valence-corrected chi connectivity index (χ1v) is 9.61. The first-order valence-electron chi connectivity index (χ1n) is 9.61. The van der Waals surface area contributed by atoms with E-state index in [-0.39, 0.29) is 17.9 Å². The lowest BCUT2D eigenvalue weighted by Crippen LogP contribution is -2.51. The van der Waals surface area contributed by atoms with Crippen LogP contribution in [0, 0.1) is 6.92 Å². The van der Waals surface area contributed by atoms with E-state index < -0.39 is 0 Å². The van der Waals surface area contributed by atoms with E-state index in [2.05, 4.69) is 29.4 Å². The molecule has 2 aromatic rings. The summed E-state index contributed by atoms with van der Waals surface area (Å²) in [4.78, 5) is 27.8. The molecular weight excluding hydrogens is 342 g/mol. The van der Waals surface area contributed by atoms with E-state index in [1.807, 2.05) is 32.8 Å². The summed E-state index contributed by atoms with van der Waals surface area (Å²) in [7, 11) is 0. The molecule has 7 nitrogen and oxygen atoms in total. The van der Waals surface area contributed by atoms with Crippen molar-refractivity contribution in [3.05, 3.63) is 47.3 Å². The number of hydrogen-bond acceptors (Lipinski definition) is 4. The number of carbonyl (C=O) groups is 2. The van der Waals surface area contributed by atoms with E-state index >= 15 is 0 Å². The van der Waals surface area contributed by atoms with Gasteiger partial charge in [-0.1, -0.05) is 29.5 Å². The highest BCUT2D eigenvalue weighted by Crippen LogP contribution is 2.22. The molecule has 2 fully saturated rings. The predicted molar refractivity (Wildman–Crippen MR) is 99.8 cm³/mol. The minimum Gasteiger partial charge on any atom is -0.338 e. The Morgan fingerprint density at radius 3 is 2.81 bits per heavy atom. The van der Waals surface area contributed by atoms with Crippen molar-refractivity contribution in [3.8, 4) is 0 Å². The number of benzene rings is 1. The van der Waals surface area contributed by atoms with E-state index in [4.69, 9.17) is 0 Å². The summed E-state index contributed by atoms with van der Waals surface area (Å²) in [5.41, 5.74) is 3.29. The van der Waals surface area contributed by atoms with Gasteiger partial charge in [-0.05, 0) is 30.9 Å². The lowest BCUT2D eigenvalue weighted by Gasteiger charge is -2.39. The molecule has 27 heavy (non-hydrogen) atoms. The van der Waals surface area contributed by atoms with Crippen LogP contribution in [0.5, 0.6) is 0 Å². The Labute approximate surface area is 158 Å². The second-order valence-electron chi connectivity index (χ2n) is 7.49. The summed E-state index contributed by atoms with van der Waals surface area (Å²) in [5, 5.41) is 8.38. The fourth-order valence-electron chi connectivity index (χ4n) is 3.75. The van der Waals surface area contributed by atoms with Crippen molar-refractivity contribution in [2.75, 3.05) is 19.6 Å². The zero-order valence-corrected chi connectivity index (χ0v) is 15.7. The Morgan fingerprint density at radius 2 is 2.07 bits per heavy atom. The Morgan fingerprint density at radius 1 is 1.26 bits per heavy atom. The van der Waals surface area contributed by atoms with Gasteiger partial charge < -0.3 is 9.80 Å². The van der Waals surface area contributed by atoms with Crippen LogP contribution in [0.3, 0.4) is 0 Å². The number of nitrogens with zero attached hydrogens (tertiary/aromatic N) is 5. The van der Waals surface area contributed by atoms with Crippen molar-refractivity contribution >= 4 is 11.8 Å². The average Bonchev–Trinajstić information content (AvgIpc) is 3.23. The zero-order chi connectivity index (χ0) is 18.8. The molecule has 2 aliphatic rings. The monoisotopic (exact) mass is 367 g/mol. The first kappa shape index (κ1) is 17.7. The number of rotatable bonds is 6. The summed E-state index contributed by atoms with van der Waals surface area (Å²) in [5.74, 6) is 0.385. The van der Waals surface area contributed by atoms with Crippen LogP contribution >= 0.6 is 0 Å². The van der Waals surface area contributed by atoms with Gasteiger partial charge in [0.2, 0.25) is 11.8 Å². The van der Waals surface area contributed by atoms with Crippen molar-refractivity contribution in [1.82, 2.24) is 24.8 Å². The van der Waals surface area contributed by atoms with Crippen molar-refractivity contribution in [2.24, 2.45) is 0 Å². The van der Waals surface area contributed by atoms with Crippen LogP contribution in [0.15, 0.2) is 30.5 Å². The van der Waals surface area contributed by atoms with E-state index in [9.17, 15) is 9.59 Å². The summed E-state index contributed by atoms with van der Waals surface area (Å²) >= 11 is 0. The van der Waals surface area contributed by atoms with Crippen LogP contribution in [0.4, 0.5) is 0 Å². The van der Waals surface area contributed by atoms with Gasteiger partial charge in [-0.15, -0.1) is 5.10 Å². The predicted octanol–water partition coefficient (Wildman–Crippen LogP) is 1.73. The highest BCUT2D eigenvalue weighted by Gasteiger charge is 2.32. The third-order valence-corrected chi connectivity index (χ3v) is 5.54. The van der Waals surface area contributed by atoms with E-state index in [1.54, 1.807) is 0 Å². The van der Waals surface area contributed by atoms with Crippen LogP contribution in [0.2, 0.25) is 0 Å². The highest BCUT2D eigenvalue weighted by molar-refractivity contribution is 5.78. The van der Waals surface area contributed by atoms with Crippen LogP contribution in [0.1, 0.15) is 42.1 Å². The largest absolute Gasteiger partial charge is 0.338 e. The Balaban J connectivity index is 1.25. The number of hydrogen-bond donors (Lipinski definition) is 0. The van der Waals surface area contributed by atoms with Gasteiger partial charge in [-0.3, -0.25) is 9.59 Å². The maximum absolute atomic E-state index is 12.4. The molecule has 1 aromatic heterocycles. The molecule has 0 aliphatic carbocycles. The fraction of sp³-hybridized carbons (Fsp3) is 0.500. The summed E-state index contributed by atoms with van der Waals surface area (Å²) in [6, 6.07) is 8.39. The van der Waals surface area contributed by atoms with Gasteiger partial charge in [0, 0.05) is 32.5 Å². The standard InChI is InChI=1S/C20H25N5O2/c1-15-5-2-3-6-16(15)8-9-20(27)24-13-18(14-24)25-12-17(21-22-25)11-23-10-4-7-19(23)26/h2-3,5-6,12,18H,4,7-11,13-14H2,1H3. The van der Waals surface area contributed by atoms with Crippen LogP contribution in [0.25, 0.3) is 0 Å². The van der Waals surface area contributed by atoms with Crippen molar-refractivity contribution in [3.63, 3.8) is 0 Å². The molecule has 0 N–H and O–H groups in total. The lowest BCUT2D eigenvalue weighted by molar-refractivity contribution is -0.137. The topological polar surface area (TPSA) is 71.3 Å². The third kappa shape index (κ3) is 3.86. The lowest BCUT2D eigenvalue weighted by atomic mass is 10.0. The fourth-order valence-corrected chi connectivity index (χ4v) is 3.75. The molecule has 4 rings (SSSR count). The molecule has 142 valence electrons. The van der Waals surface area contributed by atoms with Crippen LogP contribution in [-0.4, -0.2) is 56.2 Å². The highest BCUT2D eigenvalue weighted by atomic mass is 16.2. The number of amides is 2. The second-order valence-corrected chi connectivity index (χ2v) is 7.49. The maximum atomic E-state index is 12.4. The number of aryl methyl sites for hydroxylation is 2. The quantitative estimate of drug-likeness (QED) is 0.779.